The van der Waals surface area contributed by atoms with Crippen LogP contribution in [0.15, 0.2) is 0 Å². The number of unbranched alkanes of at least 4 members (excludes halogenated alkanes) is 8. The van der Waals surface area contributed by atoms with Gasteiger partial charge >= 0.3 is 5.97 Å². The Morgan fingerprint density at radius 3 is 1.90 bits per heavy atom. The molecule has 1 unspecified atom stereocenters. The van der Waals surface area contributed by atoms with Gasteiger partial charge in [-0.05, 0) is 25.7 Å². The molecule has 0 radical (unpaired) electrons. The zero-order valence-corrected chi connectivity index (χ0v) is 14.8. The third-order valence-corrected chi connectivity index (χ3v) is 4.02. The van der Waals surface area contributed by atoms with Crippen LogP contribution in [-0.2, 0) is 9.53 Å². The maximum absolute atomic E-state index is 11.8. The summed E-state index contributed by atoms with van der Waals surface area (Å²) in [4.78, 5) is 11.8. The summed E-state index contributed by atoms with van der Waals surface area (Å²) in [6.07, 6.45) is 16.4. The van der Waals surface area contributed by atoms with Gasteiger partial charge < -0.3 is 4.74 Å². The summed E-state index contributed by atoms with van der Waals surface area (Å²) >= 11 is 0. The first-order valence-corrected chi connectivity index (χ1v) is 9.44. The number of rotatable bonds is 15. The van der Waals surface area contributed by atoms with Crippen molar-refractivity contribution < 1.29 is 9.53 Å². The first-order chi connectivity index (χ1) is 10.2. The average molecular weight is 299 g/mol. The summed E-state index contributed by atoms with van der Waals surface area (Å²) in [6, 6.07) is 0. The van der Waals surface area contributed by atoms with E-state index in [1.54, 1.807) is 0 Å². The number of hydrogen-bond acceptors (Lipinski definition) is 2. The van der Waals surface area contributed by atoms with Crippen LogP contribution in [0.1, 0.15) is 111 Å². The van der Waals surface area contributed by atoms with E-state index in [9.17, 15) is 4.79 Å². The molecule has 0 aliphatic heterocycles. The predicted octanol–water partition coefficient (Wildman–Crippen LogP) is 6.42. The summed E-state index contributed by atoms with van der Waals surface area (Å²) in [7, 11) is 0. The molecule has 0 fully saturated rings. The van der Waals surface area contributed by atoms with E-state index in [1.807, 2.05) is 0 Å². The fourth-order valence-electron chi connectivity index (χ4n) is 2.68. The maximum atomic E-state index is 11.8. The highest BCUT2D eigenvalue weighted by atomic mass is 16.5. The fourth-order valence-corrected chi connectivity index (χ4v) is 2.68. The van der Waals surface area contributed by atoms with Gasteiger partial charge in [0, 0.05) is 6.42 Å². The highest BCUT2D eigenvalue weighted by Gasteiger charge is 2.13. The van der Waals surface area contributed by atoms with Gasteiger partial charge in [-0.2, -0.15) is 0 Å². The second kappa shape index (κ2) is 15.9. The molecule has 0 rings (SSSR count). The quantitative estimate of drug-likeness (QED) is 0.257. The second-order valence-electron chi connectivity index (χ2n) is 6.27. The monoisotopic (exact) mass is 298 g/mol. The van der Waals surface area contributed by atoms with Crippen molar-refractivity contribution in [3.8, 4) is 0 Å². The van der Waals surface area contributed by atoms with E-state index in [1.165, 1.54) is 51.4 Å². The van der Waals surface area contributed by atoms with Crippen LogP contribution in [0.2, 0.25) is 0 Å². The Hall–Kier alpha value is -0.530. The molecule has 1 atom stereocenters. The molecule has 0 saturated carbocycles. The molecule has 0 bridgehead atoms. The number of esters is 1. The van der Waals surface area contributed by atoms with Crippen molar-refractivity contribution in [3.63, 3.8) is 0 Å². The van der Waals surface area contributed by atoms with Crippen molar-refractivity contribution in [1.29, 1.82) is 0 Å². The van der Waals surface area contributed by atoms with Gasteiger partial charge in [-0.3, -0.25) is 4.79 Å². The lowest BCUT2D eigenvalue weighted by molar-refractivity contribution is -0.150. The van der Waals surface area contributed by atoms with Crippen LogP contribution in [0.25, 0.3) is 0 Å². The van der Waals surface area contributed by atoms with Gasteiger partial charge in [-0.25, -0.2) is 0 Å². The Balaban J connectivity index is 3.71. The van der Waals surface area contributed by atoms with E-state index in [0.29, 0.717) is 6.42 Å². The summed E-state index contributed by atoms with van der Waals surface area (Å²) in [5.41, 5.74) is 0. The summed E-state index contributed by atoms with van der Waals surface area (Å²) in [5, 5.41) is 0. The van der Waals surface area contributed by atoms with Gasteiger partial charge in [0.1, 0.15) is 6.10 Å². The molecule has 0 aliphatic rings. The maximum Gasteiger partial charge on any atom is 0.306 e. The molecule has 126 valence electrons. The highest BCUT2D eigenvalue weighted by Crippen LogP contribution is 2.15. The van der Waals surface area contributed by atoms with Crippen molar-refractivity contribution in [1.82, 2.24) is 0 Å². The molecule has 0 aliphatic carbocycles. The zero-order chi connectivity index (χ0) is 15.8. The summed E-state index contributed by atoms with van der Waals surface area (Å²) in [6.45, 7) is 6.61. The largest absolute Gasteiger partial charge is 0.462 e. The third-order valence-electron chi connectivity index (χ3n) is 4.02. The van der Waals surface area contributed by atoms with Gasteiger partial charge in [0.2, 0.25) is 0 Å². The van der Waals surface area contributed by atoms with Crippen molar-refractivity contribution in [2.45, 2.75) is 117 Å². The van der Waals surface area contributed by atoms with Crippen molar-refractivity contribution in [3.05, 3.63) is 0 Å². The van der Waals surface area contributed by atoms with Gasteiger partial charge in [0.25, 0.3) is 0 Å². The minimum Gasteiger partial charge on any atom is -0.462 e. The molecule has 21 heavy (non-hydrogen) atoms. The molecular formula is C19H38O2. The molecule has 2 heteroatoms. The van der Waals surface area contributed by atoms with E-state index in [4.69, 9.17) is 4.74 Å². The van der Waals surface area contributed by atoms with E-state index in [-0.39, 0.29) is 12.1 Å². The summed E-state index contributed by atoms with van der Waals surface area (Å²) in [5.74, 6) is 0.0236. The van der Waals surface area contributed by atoms with E-state index in [2.05, 4.69) is 20.8 Å². The first kappa shape index (κ1) is 20.5. The lowest BCUT2D eigenvalue weighted by Gasteiger charge is -2.17. The zero-order valence-electron chi connectivity index (χ0n) is 14.8. The van der Waals surface area contributed by atoms with E-state index >= 15 is 0 Å². The Bertz CT molecular complexity index is 226. The molecule has 0 heterocycles. The number of ether oxygens (including phenoxy) is 1. The van der Waals surface area contributed by atoms with Crippen LogP contribution in [0.5, 0.6) is 0 Å². The predicted molar refractivity (Wildman–Crippen MR) is 91.5 cm³/mol. The van der Waals surface area contributed by atoms with Crippen LogP contribution < -0.4 is 0 Å². The minimum absolute atomic E-state index is 0.0236. The number of carbonyl (C=O) groups is 1. The second-order valence-corrected chi connectivity index (χ2v) is 6.27. The Labute approximate surface area is 133 Å². The molecule has 0 saturated heterocycles. The highest BCUT2D eigenvalue weighted by molar-refractivity contribution is 5.69. The molecule has 0 aromatic rings. The van der Waals surface area contributed by atoms with E-state index in [0.717, 1.165) is 32.1 Å². The number of hydrogen-bond donors (Lipinski definition) is 0. The lowest BCUT2D eigenvalue weighted by Crippen LogP contribution is -2.18. The van der Waals surface area contributed by atoms with Gasteiger partial charge in [-0.15, -0.1) is 0 Å². The molecule has 0 aromatic heterocycles. The average Bonchev–Trinajstić information content (AvgIpc) is 2.47. The number of carbonyl (C=O) groups excluding carboxylic acids is 1. The normalized spacial score (nSPS) is 12.3. The van der Waals surface area contributed by atoms with Crippen LogP contribution in [0.4, 0.5) is 0 Å². The molecule has 2 nitrogen and oxygen atoms in total. The molecule has 0 spiro atoms. The first-order valence-electron chi connectivity index (χ1n) is 9.44. The fraction of sp³-hybridized carbons (Fsp3) is 0.947. The van der Waals surface area contributed by atoms with Crippen LogP contribution in [0.3, 0.4) is 0 Å². The van der Waals surface area contributed by atoms with Crippen molar-refractivity contribution in [2.24, 2.45) is 0 Å². The Kier molecular flexibility index (Phi) is 15.5. The minimum atomic E-state index is 0.0236. The smallest absolute Gasteiger partial charge is 0.306 e. The SMILES string of the molecule is CCCCCCCCC(CCC)OC(=O)CCCCCC. The Morgan fingerprint density at radius 1 is 0.714 bits per heavy atom. The molecule has 0 aromatic carbocycles. The molecule has 0 amide bonds. The summed E-state index contributed by atoms with van der Waals surface area (Å²) < 4.78 is 5.66. The van der Waals surface area contributed by atoms with Gasteiger partial charge in [0.05, 0.1) is 0 Å². The molecular weight excluding hydrogens is 260 g/mol. The van der Waals surface area contributed by atoms with Crippen LogP contribution in [-0.4, -0.2) is 12.1 Å². The standard InChI is InChI=1S/C19H38O2/c1-4-7-9-11-12-13-16-18(15-6-3)21-19(20)17-14-10-8-5-2/h18H,4-17H2,1-3H3. The van der Waals surface area contributed by atoms with Gasteiger partial charge in [-0.1, -0.05) is 78.6 Å². The topological polar surface area (TPSA) is 26.3 Å². The molecule has 0 N–H and O–H groups in total. The van der Waals surface area contributed by atoms with Gasteiger partial charge in [0.15, 0.2) is 0 Å². The third kappa shape index (κ3) is 14.2. The van der Waals surface area contributed by atoms with Crippen LogP contribution >= 0.6 is 0 Å². The van der Waals surface area contributed by atoms with Crippen molar-refractivity contribution >= 4 is 5.97 Å². The van der Waals surface area contributed by atoms with Crippen LogP contribution in [0, 0.1) is 0 Å². The van der Waals surface area contributed by atoms with Crippen molar-refractivity contribution in [2.75, 3.05) is 0 Å². The lowest BCUT2D eigenvalue weighted by atomic mass is 10.0. The Morgan fingerprint density at radius 2 is 1.29 bits per heavy atom. The van der Waals surface area contributed by atoms with E-state index < -0.39 is 0 Å².